The van der Waals surface area contributed by atoms with E-state index in [4.69, 9.17) is 10.7 Å². The van der Waals surface area contributed by atoms with Crippen LogP contribution in [0.5, 0.6) is 0 Å². The van der Waals surface area contributed by atoms with Crippen molar-refractivity contribution in [2.24, 2.45) is 5.73 Å². The van der Waals surface area contributed by atoms with Crippen LogP contribution in [-0.2, 0) is 4.79 Å². The summed E-state index contributed by atoms with van der Waals surface area (Å²) in [6, 6.07) is 2.36. The second kappa shape index (κ2) is 11.8. The summed E-state index contributed by atoms with van der Waals surface area (Å²) in [5.74, 6) is 1.75. The Morgan fingerprint density at radius 1 is 1.03 bits per heavy atom. The molecule has 4 N–H and O–H groups in total. The van der Waals surface area contributed by atoms with Crippen molar-refractivity contribution in [3.05, 3.63) is 12.3 Å². The minimum atomic E-state index is -0.179. The van der Waals surface area contributed by atoms with E-state index < -0.39 is 0 Å². The second-order valence-corrected chi connectivity index (χ2v) is 9.59. The molecule has 8 heteroatoms. The van der Waals surface area contributed by atoms with Crippen LogP contribution in [0.4, 0.5) is 11.8 Å². The van der Waals surface area contributed by atoms with Crippen LogP contribution in [0.3, 0.4) is 0 Å². The first-order valence-corrected chi connectivity index (χ1v) is 12.8. The van der Waals surface area contributed by atoms with Crippen molar-refractivity contribution < 1.29 is 4.79 Å². The smallest absolute Gasteiger partial charge is 0.239 e. The molecular formula is C24H41N7O. The molecule has 2 atom stereocenters. The van der Waals surface area contributed by atoms with Gasteiger partial charge in [0.2, 0.25) is 11.9 Å². The molecule has 1 amide bonds. The lowest BCUT2D eigenvalue weighted by Crippen LogP contribution is -2.53. The highest BCUT2D eigenvalue weighted by molar-refractivity contribution is 5.83. The molecule has 1 aromatic heterocycles. The van der Waals surface area contributed by atoms with Crippen LogP contribution in [0.15, 0.2) is 12.3 Å². The molecule has 3 aliphatic rings. The third-order valence-electron chi connectivity index (χ3n) is 7.31. The quantitative estimate of drug-likeness (QED) is 0.531. The summed E-state index contributed by atoms with van der Waals surface area (Å²) < 4.78 is 0. The summed E-state index contributed by atoms with van der Waals surface area (Å²) in [6.45, 7) is 4.29. The fourth-order valence-electron chi connectivity index (χ4n) is 5.60. The van der Waals surface area contributed by atoms with Crippen LogP contribution in [-0.4, -0.2) is 71.6 Å². The van der Waals surface area contributed by atoms with Gasteiger partial charge >= 0.3 is 0 Å². The van der Waals surface area contributed by atoms with Gasteiger partial charge in [-0.3, -0.25) is 9.69 Å². The predicted octanol–water partition coefficient (Wildman–Crippen LogP) is 2.51. The van der Waals surface area contributed by atoms with Gasteiger partial charge in [-0.05, 0) is 51.1 Å². The molecular weight excluding hydrogens is 402 g/mol. The molecule has 2 saturated heterocycles. The number of hydrogen-bond acceptors (Lipinski definition) is 7. The van der Waals surface area contributed by atoms with Gasteiger partial charge < -0.3 is 21.3 Å². The summed E-state index contributed by atoms with van der Waals surface area (Å²) >= 11 is 0. The number of likely N-dealkylation sites (tertiary alicyclic amines) is 1. The zero-order valence-corrected chi connectivity index (χ0v) is 19.5. The Morgan fingerprint density at radius 3 is 2.53 bits per heavy atom. The van der Waals surface area contributed by atoms with E-state index in [-0.39, 0.29) is 18.0 Å². The summed E-state index contributed by atoms with van der Waals surface area (Å²) in [5, 5.41) is 6.68. The standard InChI is InChI=1S/C24H41N7O/c25-13-8-14-26-23(32)22-20(12-18-31(22)19-9-4-3-5-10-19)28-24-27-15-11-21(29-24)30-16-6-1-2-7-17-30/h11,15,19-20,22H,1-10,12-14,16-18,25H2,(H,26,32)(H,27,28,29)/t20-,22-/m0/s1. The number of carbonyl (C=O) groups excluding carboxylic acids is 1. The van der Waals surface area contributed by atoms with Crippen molar-refractivity contribution in [2.75, 3.05) is 42.9 Å². The van der Waals surface area contributed by atoms with E-state index in [0.717, 1.165) is 38.3 Å². The summed E-state index contributed by atoms with van der Waals surface area (Å²) in [6.07, 6.45) is 14.9. The molecule has 0 radical (unpaired) electrons. The normalized spacial score (nSPS) is 25.5. The van der Waals surface area contributed by atoms with Crippen molar-refractivity contribution >= 4 is 17.7 Å². The number of nitrogens with two attached hydrogens (primary N) is 1. The van der Waals surface area contributed by atoms with Gasteiger partial charge in [0.1, 0.15) is 11.9 Å². The number of carbonyl (C=O) groups is 1. The minimum Gasteiger partial charge on any atom is -0.356 e. The number of nitrogens with zero attached hydrogens (tertiary/aromatic N) is 4. The van der Waals surface area contributed by atoms with Crippen LogP contribution in [0.1, 0.15) is 70.6 Å². The van der Waals surface area contributed by atoms with E-state index in [2.05, 4.69) is 25.4 Å². The first-order chi connectivity index (χ1) is 15.8. The maximum atomic E-state index is 13.2. The van der Waals surface area contributed by atoms with Crippen molar-refractivity contribution in [3.63, 3.8) is 0 Å². The third kappa shape index (κ3) is 5.90. The Hall–Kier alpha value is -1.93. The summed E-state index contributed by atoms with van der Waals surface area (Å²) in [7, 11) is 0. The molecule has 32 heavy (non-hydrogen) atoms. The first kappa shape index (κ1) is 23.2. The fourth-order valence-corrected chi connectivity index (χ4v) is 5.60. The number of nitrogens with one attached hydrogen (secondary N) is 2. The highest BCUT2D eigenvalue weighted by atomic mass is 16.2. The molecule has 2 aliphatic heterocycles. The highest BCUT2D eigenvalue weighted by Crippen LogP contribution is 2.31. The SMILES string of the molecule is NCCCNC(=O)[C@@H]1[C@@H](Nc2nccc(N3CCCCCC3)n2)CCN1C1CCCCC1. The third-order valence-corrected chi connectivity index (χ3v) is 7.31. The van der Waals surface area contributed by atoms with Crippen LogP contribution in [0, 0.1) is 0 Å². The van der Waals surface area contributed by atoms with E-state index in [1.54, 1.807) is 0 Å². The molecule has 0 bridgehead atoms. The molecule has 178 valence electrons. The van der Waals surface area contributed by atoms with Crippen LogP contribution >= 0.6 is 0 Å². The van der Waals surface area contributed by atoms with Gasteiger partial charge in [-0.25, -0.2) is 4.98 Å². The number of hydrogen-bond donors (Lipinski definition) is 3. The number of aromatic nitrogens is 2. The van der Waals surface area contributed by atoms with Gasteiger partial charge in [-0.15, -0.1) is 0 Å². The van der Waals surface area contributed by atoms with Crippen molar-refractivity contribution in [3.8, 4) is 0 Å². The van der Waals surface area contributed by atoms with E-state index in [0.29, 0.717) is 25.1 Å². The lowest BCUT2D eigenvalue weighted by molar-refractivity contribution is -0.126. The molecule has 8 nitrogen and oxygen atoms in total. The first-order valence-electron chi connectivity index (χ1n) is 12.8. The van der Waals surface area contributed by atoms with E-state index in [9.17, 15) is 4.79 Å². The zero-order chi connectivity index (χ0) is 22.2. The number of rotatable bonds is 8. The predicted molar refractivity (Wildman–Crippen MR) is 129 cm³/mol. The summed E-state index contributed by atoms with van der Waals surface area (Å²) in [4.78, 5) is 27.4. The van der Waals surface area contributed by atoms with Gasteiger partial charge in [-0.1, -0.05) is 32.1 Å². The monoisotopic (exact) mass is 443 g/mol. The molecule has 0 spiro atoms. The van der Waals surface area contributed by atoms with E-state index in [1.807, 2.05) is 12.3 Å². The Bertz CT molecular complexity index is 716. The number of amides is 1. The fraction of sp³-hybridized carbons (Fsp3) is 0.792. The molecule has 1 aliphatic carbocycles. The van der Waals surface area contributed by atoms with Crippen molar-refractivity contribution in [2.45, 2.75) is 88.8 Å². The summed E-state index contributed by atoms with van der Waals surface area (Å²) in [5.41, 5.74) is 5.63. The van der Waals surface area contributed by atoms with Gasteiger partial charge in [0, 0.05) is 38.4 Å². The average molecular weight is 444 g/mol. The number of anilines is 2. The second-order valence-electron chi connectivity index (χ2n) is 9.59. The van der Waals surface area contributed by atoms with Gasteiger partial charge in [-0.2, -0.15) is 4.98 Å². The van der Waals surface area contributed by atoms with E-state index in [1.165, 1.54) is 57.8 Å². The van der Waals surface area contributed by atoms with Gasteiger partial charge in [0.05, 0.1) is 6.04 Å². The van der Waals surface area contributed by atoms with Crippen LogP contribution < -0.4 is 21.3 Å². The van der Waals surface area contributed by atoms with Crippen LogP contribution in [0.2, 0.25) is 0 Å². The minimum absolute atomic E-state index is 0.0224. The molecule has 0 aromatic carbocycles. The Balaban J connectivity index is 1.46. The Morgan fingerprint density at radius 2 is 1.78 bits per heavy atom. The van der Waals surface area contributed by atoms with Crippen molar-refractivity contribution in [1.29, 1.82) is 0 Å². The molecule has 4 rings (SSSR count). The van der Waals surface area contributed by atoms with Crippen LogP contribution in [0.25, 0.3) is 0 Å². The molecule has 0 unspecified atom stereocenters. The van der Waals surface area contributed by atoms with Crippen molar-refractivity contribution in [1.82, 2.24) is 20.2 Å². The highest BCUT2D eigenvalue weighted by Gasteiger charge is 2.42. The lowest BCUT2D eigenvalue weighted by atomic mass is 9.93. The van der Waals surface area contributed by atoms with E-state index >= 15 is 0 Å². The van der Waals surface area contributed by atoms with Gasteiger partial charge in [0.15, 0.2) is 0 Å². The molecule has 1 aromatic rings. The van der Waals surface area contributed by atoms with Gasteiger partial charge in [0.25, 0.3) is 0 Å². The molecule has 3 heterocycles. The topological polar surface area (TPSA) is 99.4 Å². The molecule has 3 fully saturated rings. The zero-order valence-electron chi connectivity index (χ0n) is 19.5. The Kier molecular flexibility index (Phi) is 8.56. The lowest BCUT2D eigenvalue weighted by Gasteiger charge is -2.36. The maximum absolute atomic E-state index is 13.2. The average Bonchev–Trinajstić information content (AvgIpc) is 3.04. The maximum Gasteiger partial charge on any atom is 0.239 e. The largest absolute Gasteiger partial charge is 0.356 e. The molecule has 1 saturated carbocycles. The Labute approximate surface area is 192 Å².